The second-order valence-corrected chi connectivity index (χ2v) is 2.40. The van der Waals surface area contributed by atoms with Crippen LogP contribution in [0.15, 0.2) is 36.3 Å². The molecule has 1 N–H and O–H groups in total. The van der Waals surface area contributed by atoms with Gasteiger partial charge in [-0.15, -0.1) is 0 Å². The van der Waals surface area contributed by atoms with E-state index in [0.717, 1.165) is 5.56 Å². The highest BCUT2D eigenvalue weighted by Crippen LogP contribution is 2.00. The molecule has 1 aromatic rings. The minimum absolute atomic E-state index is 0.815. The zero-order chi connectivity index (χ0) is 8.81. The first-order valence-electron chi connectivity index (χ1n) is 3.77. The van der Waals surface area contributed by atoms with Crippen LogP contribution in [0.2, 0.25) is 0 Å². The third kappa shape index (κ3) is 2.90. The van der Waals surface area contributed by atoms with Gasteiger partial charge >= 0.3 is 7.12 Å². The van der Waals surface area contributed by atoms with Crippen molar-refractivity contribution in [2.24, 2.45) is 0 Å². The molecule has 0 heterocycles. The van der Waals surface area contributed by atoms with Gasteiger partial charge in [-0.3, -0.25) is 0 Å². The minimum Gasteiger partial charge on any atom is -0.423 e. The summed E-state index contributed by atoms with van der Waals surface area (Å²) < 4.78 is 4.64. The third-order valence-corrected chi connectivity index (χ3v) is 1.49. The van der Waals surface area contributed by atoms with Crippen molar-refractivity contribution in [2.75, 3.05) is 7.11 Å². The average Bonchev–Trinajstić information content (AvgIpc) is 2.16. The summed E-state index contributed by atoms with van der Waals surface area (Å²) in [5, 5.41) is 9.01. The van der Waals surface area contributed by atoms with Crippen molar-refractivity contribution in [3.63, 3.8) is 0 Å². The Hall–Kier alpha value is -1.06. The molecule has 0 atom stereocenters. The standard InChI is InChI=1S/C9H11BO2/c1-12-10(11)8-7-9-5-3-2-4-6-9/h2-8,11H,1H3/b8-7+. The first-order chi connectivity index (χ1) is 5.83. The van der Waals surface area contributed by atoms with Gasteiger partial charge in [0.25, 0.3) is 0 Å². The lowest BCUT2D eigenvalue weighted by molar-refractivity contribution is 0.340. The maximum atomic E-state index is 9.01. The predicted octanol–water partition coefficient (Wildman–Crippen LogP) is 1.37. The average molecular weight is 162 g/mol. The number of hydrogen-bond acceptors (Lipinski definition) is 2. The second kappa shape index (κ2) is 4.75. The van der Waals surface area contributed by atoms with Crippen molar-refractivity contribution < 1.29 is 9.68 Å². The molecule has 0 radical (unpaired) electrons. The second-order valence-electron chi connectivity index (χ2n) is 2.40. The van der Waals surface area contributed by atoms with Gasteiger partial charge in [0.1, 0.15) is 0 Å². The van der Waals surface area contributed by atoms with Crippen LogP contribution >= 0.6 is 0 Å². The van der Waals surface area contributed by atoms with Crippen LogP contribution in [0.25, 0.3) is 6.08 Å². The summed E-state index contributed by atoms with van der Waals surface area (Å²) in [6, 6.07) is 9.75. The van der Waals surface area contributed by atoms with Gasteiger partial charge in [-0.1, -0.05) is 42.4 Å². The van der Waals surface area contributed by atoms with Gasteiger partial charge in [-0.05, 0) is 5.56 Å². The van der Waals surface area contributed by atoms with E-state index in [1.807, 2.05) is 36.4 Å². The highest BCUT2D eigenvalue weighted by molar-refractivity contribution is 6.50. The fourth-order valence-corrected chi connectivity index (χ4v) is 0.836. The Labute approximate surface area is 72.6 Å². The number of hydrogen-bond donors (Lipinski definition) is 1. The van der Waals surface area contributed by atoms with E-state index in [4.69, 9.17) is 5.02 Å². The van der Waals surface area contributed by atoms with E-state index in [1.54, 1.807) is 5.98 Å². The van der Waals surface area contributed by atoms with E-state index < -0.39 is 7.12 Å². The highest BCUT2D eigenvalue weighted by Gasteiger charge is 2.02. The number of rotatable bonds is 3. The molecule has 2 nitrogen and oxygen atoms in total. The maximum Gasteiger partial charge on any atom is 0.483 e. The van der Waals surface area contributed by atoms with Gasteiger partial charge in [0, 0.05) is 7.11 Å². The molecule has 0 saturated carbocycles. The van der Waals surface area contributed by atoms with E-state index in [-0.39, 0.29) is 0 Å². The van der Waals surface area contributed by atoms with Crippen LogP contribution in [0, 0.1) is 0 Å². The van der Waals surface area contributed by atoms with Crippen molar-refractivity contribution in [3.05, 3.63) is 41.9 Å². The van der Waals surface area contributed by atoms with Crippen LogP contribution in [0.3, 0.4) is 0 Å². The summed E-state index contributed by atoms with van der Waals surface area (Å²) in [4.78, 5) is 0. The largest absolute Gasteiger partial charge is 0.483 e. The molecule has 0 aliphatic heterocycles. The van der Waals surface area contributed by atoms with E-state index in [0.29, 0.717) is 0 Å². The topological polar surface area (TPSA) is 29.5 Å². The molecule has 0 bridgehead atoms. The summed E-state index contributed by atoms with van der Waals surface area (Å²) in [6.07, 6.45) is 1.81. The first kappa shape index (κ1) is 9.04. The van der Waals surface area contributed by atoms with Crippen LogP contribution in [0.5, 0.6) is 0 Å². The molecular weight excluding hydrogens is 151 g/mol. The molecule has 0 spiro atoms. The Morgan fingerprint density at radius 1 is 1.33 bits per heavy atom. The van der Waals surface area contributed by atoms with Gasteiger partial charge in [0.05, 0.1) is 0 Å². The Balaban J connectivity index is 2.58. The van der Waals surface area contributed by atoms with Gasteiger partial charge < -0.3 is 9.68 Å². The third-order valence-electron chi connectivity index (χ3n) is 1.49. The smallest absolute Gasteiger partial charge is 0.423 e. The molecule has 0 unspecified atom stereocenters. The normalized spacial score (nSPS) is 10.5. The number of benzene rings is 1. The molecule has 0 amide bonds. The monoisotopic (exact) mass is 162 g/mol. The lowest BCUT2D eigenvalue weighted by atomic mass is 9.90. The van der Waals surface area contributed by atoms with Gasteiger partial charge in [0.15, 0.2) is 0 Å². The van der Waals surface area contributed by atoms with Gasteiger partial charge in [-0.25, -0.2) is 0 Å². The molecule has 0 saturated heterocycles. The summed E-state index contributed by atoms with van der Waals surface area (Å²) in [7, 11) is 0.644. The molecule has 12 heavy (non-hydrogen) atoms. The first-order valence-corrected chi connectivity index (χ1v) is 3.77. The van der Waals surface area contributed by atoms with E-state index in [1.165, 1.54) is 7.11 Å². The summed E-state index contributed by atoms with van der Waals surface area (Å²) in [5.74, 6) is 1.59. The zero-order valence-corrected chi connectivity index (χ0v) is 6.97. The van der Waals surface area contributed by atoms with Crippen molar-refractivity contribution in [1.82, 2.24) is 0 Å². The molecule has 0 fully saturated rings. The van der Waals surface area contributed by atoms with Crippen LogP contribution in [0.1, 0.15) is 5.56 Å². The molecular formula is C9H11BO2. The molecule has 0 aromatic heterocycles. The van der Waals surface area contributed by atoms with E-state index >= 15 is 0 Å². The summed E-state index contributed by atoms with van der Waals surface area (Å²) in [5.41, 5.74) is 1.05. The van der Waals surface area contributed by atoms with Crippen LogP contribution in [-0.2, 0) is 4.65 Å². The highest BCUT2D eigenvalue weighted by atomic mass is 16.5. The zero-order valence-electron chi connectivity index (χ0n) is 6.97. The summed E-state index contributed by atoms with van der Waals surface area (Å²) >= 11 is 0. The molecule has 0 aliphatic carbocycles. The fraction of sp³-hybridized carbons (Fsp3) is 0.111. The maximum absolute atomic E-state index is 9.01. The fourth-order valence-electron chi connectivity index (χ4n) is 0.836. The predicted molar refractivity (Wildman–Crippen MR) is 50.5 cm³/mol. The molecule has 3 heteroatoms. The Morgan fingerprint density at radius 3 is 2.58 bits per heavy atom. The molecule has 0 aliphatic rings. The van der Waals surface area contributed by atoms with Gasteiger partial charge in [0.2, 0.25) is 0 Å². The van der Waals surface area contributed by atoms with Crippen LogP contribution in [-0.4, -0.2) is 19.3 Å². The molecule has 1 rings (SSSR count). The van der Waals surface area contributed by atoms with Crippen molar-refractivity contribution >= 4 is 13.2 Å². The van der Waals surface area contributed by atoms with Crippen molar-refractivity contribution in [3.8, 4) is 0 Å². The van der Waals surface area contributed by atoms with Crippen molar-refractivity contribution in [1.29, 1.82) is 0 Å². The molecule has 62 valence electrons. The molecule has 1 aromatic carbocycles. The van der Waals surface area contributed by atoms with Crippen LogP contribution in [0.4, 0.5) is 0 Å². The Kier molecular flexibility index (Phi) is 3.58. The Morgan fingerprint density at radius 2 is 2.00 bits per heavy atom. The van der Waals surface area contributed by atoms with E-state index in [2.05, 4.69) is 4.65 Å². The van der Waals surface area contributed by atoms with E-state index in [9.17, 15) is 0 Å². The minimum atomic E-state index is -0.815. The lowest BCUT2D eigenvalue weighted by Crippen LogP contribution is -2.10. The lowest BCUT2D eigenvalue weighted by Gasteiger charge is -1.94. The van der Waals surface area contributed by atoms with Gasteiger partial charge in [-0.2, -0.15) is 0 Å². The van der Waals surface area contributed by atoms with Crippen molar-refractivity contribution in [2.45, 2.75) is 0 Å². The SMILES string of the molecule is COB(O)/C=C/c1ccccc1. The quantitative estimate of drug-likeness (QED) is 0.680. The summed E-state index contributed by atoms with van der Waals surface area (Å²) in [6.45, 7) is 0. The van der Waals surface area contributed by atoms with Crippen LogP contribution < -0.4 is 0 Å². The Bertz CT molecular complexity index is 246.